The Hall–Kier alpha value is -2.95. The lowest BCUT2D eigenvalue weighted by Crippen LogP contribution is -2.57. The molecule has 1 aromatic rings. The molecule has 0 heterocycles. The molecule has 0 aliphatic carbocycles. The molecule has 1 unspecified atom stereocenters. The second-order valence-electron chi connectivity index (χ2n) is 6.20. The number of hydrogen-bond donors (Lipinski definition) is 4. The van der Waals surface area contributed by atoms with Crippen molar-refractivity contribution in [2.75, 3.05) is 30.5 Å². The Morgan fingerprint density at radius 3 is 2.40 bits per heavy atom. The van der Waals surface area contributed by atoms with Gasteiger partial charge >= 0.3 is 5.97 Å². The highest BCUT2D eigenvalue weighted by molar-refractivity contribution is 7.99. The van der Waals surface area contributed by atoms with Gasteiger partial charge in [0.1, 0.15) is 5.75 Å². The maximum absolute atomic E-state index is 12.8. The Labute approximate surface area is 179 Å². The average Bonchev–Trinajstić information content (AvgIpc) is 2.69. The molecule has 0 fully saturated rings. The van der Waals surface area contributed by atoms with E-state index < -0.39 is 23.9 Å². The first-order chi connectivity index (χ1) is 14.3. The van der Waals surface area contributed by atoms with Crippen LogP contribution in [0.15, 0.2) is 24.3 Å². The maximum atomic E-state index is 12.8. The van der Waals surface area contributed by atoms with E-state index >= 15 is 0 Å². The zero-order chi connectivity index (χ0) is 22.5. The topological polar surface area (TPSA) is 137 Å². The SMILES string of the molecule is CCN(NC(C)=O)C(=O)C(NC(=O)CSC)Nc1ccc(OCCCC(=O)O)cc1. The molecule has 0 bridgehead atoms. The third kappa shape index (κ3) is 9.50. The van der Waals surface area contributed by atoms with Crippen LogP contribution in [-0.2, 0) is 19.2 Å². The quantitative estimate of drug-likeness (QED) is 0.215. The van der Waals surface area contributed by atoms with Gasteiger partial charge in [-0.05, 0) is 43.9 Å². The Balaban J connectivity index is 2.82. The van der Waals surface area contributed by atoms with Crippen LogP contribution < -0.4 is 20.8 Å². The van der Waals surface area contributed by atoms with Crippen LogP contribution in [-0.4, -0.2) is 65.1 Å². The number of carbonyl (C=O) groups excluding carboxylic acids is 3. The van der Waals surface area contributed by atoms with Crippen molar-refractivity contribution in [3.05, 3.63) is 24.3 Å². The number of carbonyl (C=O) groups is 4. The molecule has 0 aliphatic rings. The van der Waals surface area contributed by atoms with Crippen molar-refractivity contribution in [3.8, 4) is 5.75 Å². The van der Waals surface area contributed by atoms with Crippen LogP contribution in [0.4, 0.5) is 5.69 Å². The highest BCUT2D eigenvalue weighted by Gasteiger charge is 2.26. The number of ether oxygens (including phenoxy) is 1. The van der Waals surface area contributed by atoms with Crippen molar-refractivity contribution >= 4 is 41.1 Å². The molecule has 0 saturated carbocycles. The van der Waals surface area contributed by atoms with Gasteiger partial charge in [0, 0.05) is 25.6 Å². The third-order valence-corrected chi connectivity index (χ3v) is 4.22. The summed E-state index contributed by atoms with van der Waals surface area (Å²) in [6.07, 6.45) is 1.11. The van der Waals surface area contributed by atoms with Crippen LogP contribution in [0.3, 0.4) is 0 Å². The van der Waals surface area contributed by atoms with Gasteiger partial charge in [-0.25, -0.2) is 0 Å². The van der Waals surface area contributed by atoms with Crippen molar-refractivity contribution < 1.29 is 29.0 Å². The fourth-order valence-electron chi connectivity index (χ4n) is 2.36. The summed E-state index contributed by atoms with van der Waals surface area (Å²) in [6.45, 7) is 3.48. The van der Waals surface area contributed by atoms with Crippen LogP contribution in [0.2, 0.25) is 0 Å². The van der Waals surface area contributed by atoms with Gasteiger partial charge in [-0.1, -0.05) is 0 Å². The normalized spacial score (nSPS) is 11.2. The molecule has 30 heavy (non-hydrogen) atoms. The Morgan fingerprint density at radius 2 is 1.87 bits per heavy atom. The number of hydrogen-bond acceptors (Lipinski definition) is 7. The molecule has 0 spiro atoms. The lowest BCUT2D eigenvalue weighted by Gasteiger charge is -2.27. The predicted molar refractivity (Wildman–Crippen MR) is 114 cm³/mol. The molecule has 0 radical (unpaired) electrons. The molecule has 4 N–H and O–H groups in total. The molecule has 0 saturated heterocycles. The smallest absolute Gasteiger partial charge is 0.303 e. The fourth-order valence-corrected chi connectivity index (χ4v) is 2.70. The lowest BCUT2D eigenvalue weighted by atomic mass is 10.2. The maximum Gasteiger partial charge on any atom is 0.303 e. The molecule has 1 atom stereocenters. The number of carboxylic acids is 1. The van der Waals surface area contributed by atoms with Crippen molar-refractivity contribution in [2.45, 2.75) is 32.9 Å². The summed E-state index contributed by atoms with van der Waals surface area (Å²) in [4.78, 5) is 46.7. The van der Waals surface area contributed by atoms with Crippen LogP contribution in [0.25, 0.3) is 0 Å². The third-order valence-electron chi connectivity index (χ3n) is 3.67. The number of carboxylic acid groups (broad SMARTS) is 1. The summed E-state index contributed by atoms with van der Waals surface area (Å²) in [5, 5.41) is 15.3. The molecular weight excluding hydrogens is 412 g/mol. The summed E-state index contributed by atoms with van der Waals surface area (Å²) in [5.74, 6) is -1.39. The molecule has 1 aromatic carbocycles. The van der Waals surface area contributed by atoms with E-state index in [4.69, 9.17) is 9.84 Å². The summed E-state index contributed by atoms with van der Waals surface area (Å²) in [7, 11) is 0. The molecule has 3 amide bonds. The van der Waals surface area contributed by atoms with E-state index in [2.05, 4.69) is 16.1 Å². The highest BCUT2D eigenvalue weighted by Crippen LogP contribution is 2.17. The fraction of sp³-hybridized carbons (Fsp3) is 0.474. The number of thioether (sulfide) groups is 1. The molecule has 10 nitrogen and oxygen atoms in total. The van der Waals surface area contributed by atoms with Crippen LogP contribution in [0.1, 0.15) is 26.7 Å². The monoisotopic (exact) mass is 440 g/mol. The van der Waals surface area contributed by atoms with E-state index in [9.17, 15) is 19.2 Å². The van der Waals surface area contributed by atoms with Crippen molar-refractivity contribution in [2.24, 2.45) is 0 Å². The van der Waals surface area contributed by atoms with Crippen molar-refractivity contribution in [3.63, 3.8) is 0 Å². The van der Waals surface area contributed by atoms with Gasteiger partial charge < -0.3 is 20.5 Å². The van der Waals surface area contributed by atoms with Gasteiger partial charge in [0.25, 0.3) is 5.91 Å². The summed E-state index contributed by atoms with van der Waals surface area (Å²) >= 11 is 1.32. The Kier molecular flexibility index (Phi) is 11.1. The number of benzene rings is 1. The first kappa shape index (κ1) is 25.1. The van der Waals surface area contributed by atoms with Gasteiger partial charge in [0.05, 0.1) is 12.4 Å². The number of amides is 3. The number of nitrogens with zero attached hydrogens (tertiary/aromatic N) is 1. The van der Waals surface area contributed by atoms with E-state index in [1.165, 1.54) is 18.7 Å². The summed E-state index contributed by atoms with van der Waals surface area (Å²) in [6, 6.07) is 6.67. The minimum absolute atomic E-state index is 0.0292. The minimum Gasteiger partial charge on any atom is -0.494 e. The van der Waals surface area contributed by atoms with E-state index in [1.807, 2.05) is 0 Å². The van der Waals surface area contributed by atoms with E-state index in [-0.39, 0.29) is 31.2 Å². The van der Waals surface area contributed by atoms with E-state index in [0.717, 1.165) is 5.01 Å². The van der Waals surface area contributed by atoms with Gasteiger partial charge in [-0.2, -0.15) is 11.8 Å². The summed E-state index contributed by atoms with van der Waals surface area (Å²) in [5.41, 5.74) is 2.98. The largest absolute Gasteiger partial charge is 0.494 e. The number of anilines is 1. The number of nitrogens with one attached hydrogen (secondary N) is 3. The lowest BCUT2D eigenvalue weighted by molar-refractivity contribution is -0.142. The highest BCUT2D eigenvalue weighted by atomic mass is 32.2. The van der Waals surface area contributed by atoms with E-state index in [0.29, 0.717) is 17.9 Å². The molecule has 0 aliphatic heterocycles. The molecule has 1 rings (SSSR count). The van der Waals surface area contributed by atoms with Crippen LogP contribution in [0, 0.1) is 0 Å². The number of hydrazine groups is 1. The Morgan fingerprint density at radius 1 is 1.20 bits per heavy atom. The van der Waals surface area contributed by atoms with Crippen LogP contribution in [0.5, 0.6) is 5.75 Å². The van der Waals surface area contributed by atoms with Gasteiger partial charge in [0.15, 0.2) is 6.17 Å². The number of rotatable bonds is 12. The minimum atomic E-state index is -1.08. The standard InChI is InChI=1S/C19H28N4O6S/c1-4-23(22-13(2)24)19(28)18(21-16(25)12-30-3)20-14-7-9-15(10-8-14)29-11-5-6-17(26)27/h7-10,18,20H,4-6,11-12H2,1-3H3,(H,21,25)(H,22,24)(H,26,27). The zero-order valence-corrected chi connectivity index (χ0v) is 18.1. The molecule has 11 heteroatoms. The summed E-state index contributed by atoms with van der Waals surface area (Å²) < 4.78 is 5.47. The van der Waals surface area contributed by atoms with E-state index in [1.54, 1.807) is 37.4 Å². The zero-order valence-electron chi connectivity index (χ0n) is 17.3. The number of likely N-dealkylation sites (N-methyl/N-ethyl adjacent to an activating group) is 1. The van der Waals surface area contributed by atoms with Crippen LogP contribution >= 0.6 is 11.8 Å². The van der Waals surface area contributed by atoms with Gasteiger partial charge in [-0.15, -0.1) is 0 Å². The second kappa shape index (κ2) is 13.3. The van der Waals surface area contributed by atoms with Gasteiger partial charge in [-0.3, -0.25) is 29.6 Å². The molecule has 0 aromatic heterocycles. The average molecular weight is 441 g/mol. The van der Waals surface area contributed by atoms with Crippen molar-refractivity contribution in [1.82, 2.24) is 15.8 Å². The number of aliphatic carboxylic acids is 1. The molecular formula is C19H28N4O6S. The molecule has 166 valence electrons. The Bertz CT molecular complexity index is 728. The second-order valence-corrected chi connectivity index (χ2v) is 7.06. The van der Waals surface area contributed by atoms with Gasteiger partial charge in [0.2, 0.25) is 11.8 Å². The first-order valence-electron chi connectivity index (χ1n) is 9.34. The first-order valence-corrected chi connectivity index (χ1v) is 10.7. The predicted octanol–water partition coefficient (Wildman–Crippen LogP) is 1.05. The van der Waals surface area contributed by atoms with Crippen molar-refractivity contribution in [1.29, 1.82) is 0 Å².